The molecule has 5 nitrogen and oxygen atoms in total. The number of thioether (sulfide) groups is 1. The van der Waals surface area contributed by atoms with Crippen LogP contribution >= 0.6 is 11.8 Å². The Bertz CT molecular complexity index is 785. The standard InChI is InChI=1S/C18H18F3N3O2S/c1-3-4-11(2)17(26)24-10-27-9-15(24)16(25)13(7-22)14-6-5-12(8-23-14)18(19,20)21/h4-6,8,13,15H,3,9-10H2,1-2H3. The normalized spacial score (nSPS) is 18.9. The van der Waals surface area contributed by atoms with Crippen molar-refractivity contribution in [3.05, 3.63) is 41.2 Å². The number of Topliss-reactive ketones (excluding diaryl/α,β-unsaturated/α-hetero) is 1. The number of allylic oxidation sites excluding steroid dienone is 1. The maximum absolute atomic E-state index is 12.8. The van der Waals surface area contributed by atoms with Crippen molar-refractivity contribution < 1.29 is 22.8 Å². The highest BCUT2D eigenvalue weighted by molar-refractivity contribution is 7.99. The highest BCUT2D eigenvalue weighted by atomic mass is 32.2. The number of carbonyl (C=O) groups excluding carboxylic acids is 2. The highest BCUT2D eigenvalue weighted by Gasteiger charge is 2.39. The van der Waals surface area contributed by atoms with Crippen molar-refractivity contribution in [1.82, 2.24) is 9.88 Å². The minimum atomic E-state index is -4.55. The number of alkyl halides is 3. The van der Waals surface area contributed by atoms with Crippen LogP contribution in [0, 0.1) is 11.3 Å². The van der Waals surface area contributed by atoms with E-state index in [1.54, 1.807) is 13.0 Å². The molecule has 144 valence electrons. The molecule has 0 aliphatic carbocycles. The summed E-state index contributed by atoms with van der Waals surface area (Å²) in [4.78, 5) is 30.4. The van der Waals surface area contributed by atoms with E-state index >= 15 is 0 Å². The maximum atomic E-state index is 12.8. The number of hydrogen-bond acceptors (Lipinski definition) is 5. The van der Waals surface area contributed by atoms with Crippen molar-refractivity contribution in [2.45, 2.75) is 38.4 Å². The molecule has 1 saturated heterocycles. The number of nitrogens with zero attached hydrogens (tertiary/aromatic N) is 3. The molecule has 2 atom stereocenters. The smallest absolute Gasteiger partial charge is 0.319 e. The molecule has 2 unspecified atom stereocenters. The highest BCUT2D eigenvalue weighted by Crippen LogP contribution is 2.31. The first-order valence-corrected chi connectivity index (χ1v) is 9.38. The fourth-order valence-electron chi connectivity index (χ4n) is 2.71. The van der Waals surface area contributed by atoms with E-state index in [9.17, 15) is 28.0 Å². The Hall–Kier alpha value is -2.34. The molecule has 1 aromatic rings. The zero-order valence-electron chi connectivity index (χ0n) is 14.8. The predicted molar refractivity (Wildman–Crippen MR) is 94.6 cm³/mol. The van der Waals surface area contributed by atoms with Gasteiger partial charge in [0.2, 0.25) is 5.91 Å². The summed E-state index contributed by atoms with van der Waals surface area (Å²) >= 11 is 1.39. The fraction of sp³-hybridized carbons (Fsp3) is 0.444. The van der Waals surface area contributed by atoms with E-state index in [-0.39, 0.29) is 11.6 Å². The molecule has 0 N–H and O–H groups in total. The van der Waals surface area contributed by atoms with Crippen LogP contribution in [-0.2, 0) is 15.8 Å². The van der Waals surface area contributed by atoms with E-state index in [4.69, 9.17) is 0 Å². The number of ketones is 1. The average molecular weight is 397 g/mol. The second kappa shape index (κ2) is 8.57. The Balaban J connectivity index is 2.24. The Labute approximate surface area is 159 Å². The van der Waals surface area contributed by atoms with Crippen molar-refractivity contribution in [2.75, 3.05) is 11.6 Å². The van der Waals surface area contributed by atoms with Crippen molar-refractivity contribution >= 4 is 23.5 Å². The molecule has 27 heavy (non-hydrogen) atoms. The Morgan fingerprint density at radius 1 is 1.48 bits per heavy atom. The van der Waals surface area contributed by atoms with Gasteiger partial charge in [-0.2, -0.15) is 18.4 Å². The lowest BCUT2D eigenvalue weighted by atomic mass is 9.95. The van der Waals surface area contributed by atoms with Crippen LogP contribution in [0.5, 0.6) is 0 Å². The summed E-state index contributed by atoms with van der Waals surface area (Å²) in [5.41, 5.74) is -0.497. The van der Waals surface area contributed by atoms with Crippen LogP contribution in [0.25, 0.3) is 0 Å². The quantitative estimate of drug-likeness (QED) is 0.711. The lowest BCUT2D eigenvalue weighted by Crippen LogP contribution is -2.44. The van der Waals surface area contributed by atoms with Crippen molar-refractivity contribution in [3.8, 4) is 6.07 Å². The molecule has 0 spiro atoms. The fourth-order valence-corrected chi connectivity index (χ4v) is 3.88. The summed E-state index contributed by atoms with van der Waals surface area (Å²) in [6.45, 7) is 3.55. The molecule has 1 fully saturated rings. The van der Waals surface area contributed by atoms with Gasteiger partial charge in [-0.25, -0.2) is 0 Å². The van der Waals surface area contributed by atoms with Crippen LogP contribution in [0.15, 0.2) is 30.0 Å². The SMILES string of the molecule is CCC=C(C)C(=O)N1CSCC1C(=O)C(C#N)c1ccc(C(F)(F)F)cn1. The Kier molecular flexibility index (Phi) is 6.65. The molecular formula is C18H18F3N3O2S. The molecule has 1 aliphatic heterocycles. The van der Waals surface area contributed by atoms with Gasteiger partial charge in [0.15, 0.2) is 5.78 Å². The first kappa shape index (κ1) is 21.0. The Morgan fingerprint density at radius 2 is 2.19 bits per heavy atom. The van der Waals surface area contributed by atoms with Crippen LogP contribution in [-0.4, -0.2) is 39.2 Å². The van der Waals surface area contributed by atoms with Gasteiger partial charge in [0.05, 0.1) is 23.2 Å². The molecule has 0 aromatic carbocycles. The third kappa shape index (κ3) is 4.69. The van der Waals surface area contributed by atoms with Gasteiger partial charge in [-0.05, 0) is 25.5 Å². The van der Waals surface area contributed by atoms with Gasteiger partial charge in [-0.1, -0.05) is 13.0 Å². The first-order chi connectivity index (χ1) is 12.7. The predicted octanol–water partition coefficient (Wildman–Crippen LogP) is 3.53. The van der Waals surface area contributed by atoms with Crippen LogP contribution in [0.2, 0.25) is 0 Å². The third-order valence-electron chi connectivity index (χ3n) is 4.14. The number of carbonyl (C=O) groups is 2. The summed E-state index contributed by atoms with van der Waals surface area (Å²) in [6.07, 6.45) is -1.51. The largest absolute Gasteiger partial charge is 0.417 e. The van der Waals surface area contributed by atoms with Gasteiger partial charge >= 0.3 is 6.18 Å². The molecule has 9 heteroatoms. The average Bonchev–Trinajstić information content (AvgIpc) is 3.11. The summed E-state index contributed by atoms with van der Waals surface area (Å²) in [5, 5.41) is 9.40. The number of hydrogen-bond donors (Lipinski definition) is 0. The molecule has 1 aliphatic rings. The van der Waals surface area contributed by atoms with E-state index in [0.717, 1.165) is 12.1 Å². The van der Waals surface area contributed by atoms with Gasteiger partial charge < -0.3 is 4.90 Å². The summed E-state index contributed by atoms with van der Waals surface area (Å²) < 4.78 is 38.0. The van der Waals surface area contributed by atoms with Gasteiger partial charge in [0.1, 0.15) is 12.0 Å². The van der Waals surface area contributed by atoms with E-state index in [1.807, 2.05) is 13.0 Å². The number of pyridine rings is 1. The molecule has 0 bridgehead atoms. The topological polar surface area (TPSA) is 74.1 Å². The van der Waals surface area contributed by atoms with E-state index in [0.29, 0.717) is 29.8 Å². The maximum Gasteiger partial charge on any atom is 0.417 e. The number of rotatable bonds is 5. The van der Waals surface area contributed by atoms with Gasteiger partial charge in [0, 0.05) is 17.5 Å². The van der Waals surface area contributed by atoms with Crippen molar-refractivity contribution in [2.24, 2.45) is 0 Å². The second-order valence-electron chi connectivity index (χ2n) is 6.02. The summed E-state index contributed by atoms with van der Waals surface area (Å²) in [5.74, 6) is -1.49. The van der Waals surface area contributed by atoms with Gasteiger partial charge in [-0.3, -0.25) is 14.6 Å². The minimum absolute atomic E-state index is 0.0550. The molecule has 1 aromatic heterocycles. The number of aromatic nitrogens is 1. The van der Waals surface area contributed by atoms with Gasteiger partial charge in [-0.15, -0.1) is 11.8 Å². The molecule has 1 amide bonds. The number of nitriles is 1. The first-order valence-electron chi connectivity index (χ1n) is 8.22. The zero-order chi connectivity index (χ0) is 20.2. The number of halogens is 3. The van der Waals surface area contributed by atoms with E-state index < -0.39 is 29.5 Å². The number of amides is 1. The molecular weight excluding hydrogens is 379 g/mol. The molecule has 2 heterocycles. The van der Waals surface area contributed by atoms with Crippen molar-refractivity contribution in [3.63, 3.8) is 0 Å². The van der Waals surface area contributed by atoms with Crippen molar-refractivity contribution in [1.29, 1.82) is 5.26 Å². The molecule has 2 rings (SSSR count). The van der Waals surface area contributed by atoms with Crippen LogP contribution in [0.4, 0.5) is 13.2 Å². The molecule has 0 radical (unpaired) electrons. The Morgan fingerprint density at radius 3 is 2.70 bits per heavy atom. The van der Waals surface area contributed by atoms with Gasteiger partial charge in [0.25, 0.3) is 0 Å². The third-order valence-corrected chi connectivity index (χ3v) is 5.15. The lowest BCUT2D eigenvalue weighted by molar-refractivity contribution is -0.137. The monoisotopic (exact) mass is 397 g/mol. The molecule has 0 saturated carbocycles. The summed E-state index contributed by atoms with van der Waals surface area (Å²) in [7, 11) is 0. The van der Waals surface area contributed by atoms with E-state index in [1.165, 1.54) is 16.7 Å². The minimum Gasteiger partial charge on any atom is -0.319 e. The second-order valence-corrected chi connectivity index (χ2v) is 7.02. The summed E-state index contributed by atoms with van der Waals surface area (Å²) in [6, 6.07) is 2.83. The lowest BCUT2D eigenvalue weighted by Gasteiger charge is -2.24. The zero-order valence-corrected chi connectivity index (χ0v) is 15.6. The van der Waals surface area contributed by atoms with Crippen LogP contribution in [0.1, 0.15) is 37.4 Å². The van der Waals surface area contributed by atoms with E-state index in [2.05, 4.69) is 4.98 Å². The van der Waals surface area contributed by atoms with Crippen LogP contribution in [0.3, 0.4) is 0 Å². The van der Waals surface area contributed by atoms with Crippen LogP contribution < -0.4 is 0 Å².